The molecule has 0 aliphatic carbocycles. The minimum absolute atomic E-state index is 0. The smallest absolute Gasteiger partial charge is 0.257 e. The molecule has 0 fully saturated rings. The van der Waals surface area contributed by atoms with E-state index in [-0.39, 0.29) is 18.3 Å². The molecule has 2 rings (SSSR count). The molecule has 114 valence electrons. The van der Waals surface area contributed by atoms with Crippen LogP contribution >= 0.6 is 12.4 Å². The molecular weight excluding hydrogens is 288 g/mol. The Balaban J connectivity index is 0.00000220. The zero-order valence-electron chi connectivity index (χ0n) is 12.1. The van der Waals surface area contributed by atoms with E-state index in [2.05, 4.69) is 10.2 Å². The van der Waals surface area contributed by atoms with Crippen LogP contribution in [0.5, 0.6) is 0 Å². The number of benzene rings is 1. The van der Waals surface area contributed by atoms with Gasteiger partial charge in [0.15, 0.2) is 0 Å². The summed E-state index contributed by atoms with van der Waals surface area (Å²) in [5.74, 6) is -0.00597. The molecule has 0 aliphatic rings. The number of halogens is 1. The lowest BCUT2D eigenvalue weighted by Crippen LogP contribution is -2.32. The van der Waals surface area contributed by atoms with Crippen molar-refractivity contribution in [3.63, 3.8) is 0 Å². The molecule has 1 aromatic carbocycles. The molecule has 21 heavy (non-hydrogen) atoms. The van der Waals surface area contributed by atoms with Crippen LogP contribution in [0.25, 0.3) is 0 Å². The molecule has 0 radical (unpaired) electrons. The average Bonchev–Trinajstić information content (AvgIpc) is 2.90. The Labute approximate surface area is 130 Å². The van der Waals surface area contributed by atoms with Gasteiger partial charge in [0.2, 0.25) is 0 Å². The average molecular weight is 309 g/mol. The van der Waals surface area contributed by atoms with E-state index in [1.165, 1.54) is 0 Å². The minimum Gasteiger partial charge on any atom is -0.334 e. The Kier molecular flexibility index (Phi) is 6.91. The number of carbonyl (C=O) groups excluding carboxylic acids is 1. The Bertz CT molecular complexity index is 556. The van der Waals surface area contributed by atoms with E-state index in [0.29, 0.717) is 25.2 Å². The Morgan fingerprint density at radius 1 is 1.33 bits per heavy atom. The van der Waals surface area contributed by atoms with Crippen molar-refractivity contribution in [1.82, 2.24) is 15.1 Å². The number of H-pyrrole nitrogens is 1. The van der Waals surface area contributed by atoms with Crippen molar-refractivity contribution in [3.8, 4) is 0 Å². The normalized spacial score (nSPS) is 10.0. The second-order valence-electron chi connectivity index (χ2n) is 4.76. The van der Waals surface area contributed by atoms with Gasteiger partial charge in [-0.25, -0.2) is 0 Å². The van der Waals surface area contributed by atoms with Gasteiger partial charge in [0.25, 0.3) is 5.91 Å². The van der Waals surface area contributed by atoms with Crippen molar-refractivity contribution in [3.05, 3.63) is 53.3 Å². The fraction of sp³-hybridized carbons (Fsp3) is 0.333. The van der Waals surface area contributed by atoms with Crippen molar-refractivity contribution in [2.45, 2.75) is 19.9 Å². The van der Waals surface area contributed by atoms with Gasteiger partial charge in [0, 0.05) is 18.8 Å². The molecule has 0 bridgehead atoms. The Morgan fingerprint density at radius 2 is 2.05 bits per heavy atom. The summed E-state index contributed by atoms with van der Waals surface area (Å²) in [7, 11) is 0. The second kappa shape index (κ2) is 8.44. The first-order valence-corrected chi connectivity index (χ1v) is 6.75. The molecular formula is C15H21ClN4O. The van der Waals surface area contributed by atoms with E-state index in [1.54, 1.807) is 6.20 Å². The van der Waals surface area contributed by atoms with Gasteiger partial charge in [0.1, 0.15) is 0 Å². The molecule has 0 unspecified atom stereocenters. The summed E-state index contributed by atoms with van der Waals surface area (Å²) in [5, 5.41) is 6.72. The molecule has 0 saturated carbocycles. The molecule has 0 saturated heterocycles. The molecule has 3 N–H and O–H groups in total. The summed E-state index contributed by atoms with van der Waals surface area (Å²) in [6.07, 6.45) is 2.37. The number of carbonyl (C=O) groups is 1. The predicted molar refractivity (Wildman–Crippen MR) is 85.4 cm³/mol. The first-order chi connectivity index (χ1) is 9.72. The lowest BCUT2D eigenvalue weighted by molar-refractivity contribution is 0.0741. The van der Waals surface area contributed by atoms with Crippen LogP contribution in [0.15, 0.2) is 36.5 Å². The Morgan fingerprint density at radius 3 is 2.62 bits per heavy atom. The summed E-state index contributed by atoms with van der Waals surface area (Å²) >= 11 is 0. The van der Waals surface area contributed by atoms with E-state index >= 15 is 0 Å². The standard InChI is InChI=1S/C15H20N4O.ClH/c1-12-14(10-17-18-12)15(20)19(9-5-8-16)11-13-6-3-2-4-7-13;/h2-4,6-7,10H,5,8-9,11,16H2,1H3,(H,17,18);1H. The summed E-state index contributed by atoms with van der Waals surface area (Å²) in [4.78, 5) is 14.4. The van der Waals surface area contributed by atoms with E-state index in [4.69, 9.17) is 5.73 Å². The number of nitrogens with zero attached hydrogens (tertiary/aromatic N) is 2. The molecule has 2 aromatic rings. The first-order valence-electron chi connectivity index (χ1n) is 6.75. The van der Waals surface area contributed by atoms with E-state index < -0.39 is 0 Å². The van der Waals surface area contributed by atoms with Crippen molar-refractivity contribution >= 4 is 18.3 Å². The predicted octanol–water partition coefficient (Wildman–Crippen LogP) is 2.13. The van der Waals surface area contributed by atoms with Gasteiger partial charge in [-0.2, -0.15) is 5.10 Å². The van der Waals surface area contributed by atoms with Gasteiger partial charge in [-0.1, -0.05) is 30.3 Å². The number of hydrogen-bond donors (Lipinski definition) is 2. The van der Waals surface area contributed by atoms with Gasteiger partial charge in [-0.05, 0) is 25.5 Å². The number of amides is 1. The highest BCUT2D eigenvalue weighted by Gasteiger charge is 2.18. The van der Waals surface area contributed by atoms with Gasteiger partial charge < -0.3 is 10.6 Å². The molecule has 0 aliphatic heterocycles. The topological polar surface area (TPSA) is 75.0 Å². The van der Waals surface area contributed by atoms with Gasteiger partial charge >= 0.3 is 0 Å². The fourth-order valence-corrected chi connectivity index (χ4v) is 2.08. The van der Waals surface area contributed by atoms with E-state index in [0.717, 1.165) is 17.7 Å². The lowest BCUT2D eigenvalue weighted by Gasteiger charge is -2.22. The maximum Gasteiger partial charge on any atom is 0.257 e. The highest BCUT2D eigenvalue weighted by Crippen LogP contribution is 2.12. The highest BCUT2D eigenvalue weighted by molar-refractivity contribution is 5.95. The molecule has 1 amide bonds. The number of rotatable bonds is 6. The lowest BCUT2D eigenvalue weighted by atomic mass is 10.1. The number of aromatic amines is 1. The third kappa shape index (κ3) is 4.58. The van der Waals surface area contributed by atoms with E-state index in [9.17, 15) is 4.79 Å². The van der Waals surface area contributed by atoms with Gasteiger partial charge in [-0.15, -0.1) is 12.4 Å². The number of nitrogens with one attached hydrogen (secondary N) is 1. The van der Waals surface area contributed by atoms with Crippen molar-refractivity contribution in [1.29, 1.82) is 0 Å². The number of aromatic nitrogens is 2. The zero-order chi connectivity index (χ0) is 14.4. The monoisotopic (exact) mass is 308 g/mol. The van der Waals surface area contributed by atoms with Crippen LogP contribution in [0.1, 0.15) is 28.0 Å². The van der Waals surface area contributed by atoms with Gasteiger partial charge in [-0.3, -0.25) is 9.89 Å². The maximum atomic E-state index is 12.6. The summed E-state index contributed by atoms with van der Waals surface area (Å²) in [6.45, 7) is 3.66. The fourth-order valence-electron chi connectivity index (χ4n) is 2.08. The minimum atomic E-state index is -0.00597. The number of aryl methyl sites for hydroxylation is 1. The van der Waals surface area contributed by atoms with Crippen LogP contribution in [-0.4, -0.2) is 34.1 Å². The van der Waals surface area contributed by atoms with Crippen LogP contribution < -0.4 is 5.73 Å². The summed E-state index contributed by atoms with van der Waals surface area (Å²) in [6, 6.07) is 9.96. The third-order valence-corrected chi connectivity index (χ3v) is 3.20. The quantitative estimate of drug-likeness (QED) is 0.858. The van der Waals surface area contributed by atoms with Crippen LogP contribution in [0.2, 0.25) is 0 Å². The third-order valence-electron chi connectivity index (χ3n) is 3.20. The SMILES string of the molecule is Cc1[nH]ncc1C(=O)N(CCCN)Cc1ccccc1.Cl. The van der Waals surface area contributed by atoms with Crippen molar-refractivity contribution in [2.75, 3.05) is 13.1 Å². The number of nitrogens with two attached hydrogens (primary N) is 1. The maximum absolute atomic E-state index is 12.6. The molecule has 6 heteroatoms. The summed E-state index contributed by atoms with van der Waals surface area (Å²) < 4.78 is 0. The molecule has 1 aromatic heterocycles. The molecule has 0 spiro atoms. The molecule has 5 nitrogen and oxygen atoms in total. The van der Waals surface area contributed by atoms with Crippen molar-refractivity contribution < 1.29 is 4.79 Å². The zero-order valence-corrected chi connectivity index (χ0v) is 12.9. The van der Waals surface area contributed by atoms with Crippen LogP contribution in [0.3, 0.4) is 0 Å². The van der Waals surface area contributed by atoms with Crippen LogP contribution in [-0.2, 0) is 6.54 Å². The highest BCUT2D eigenvalue weighted by atomic mass is 35.5. The first kappa shape index (κ1) is 17.2. The van der Waals surface area contributed by atoms with Crippen molar-refractivity contribution in [2.24, 2.45) is 5.73 Å². The summed E-state index contributed by atoms with van der Waals surface area (Å²) in [5.41, 5.74) is 8.09. The van der Waals surface area contributed by atoms with Crippen LogP contribution in [0.4, 0.5) is 0 Å². The largest absolute Gasteiger partial charge is 0.334 e. The van der Waals surface area contributed by atoms with Crippen LogP contribution in [0, 0.1) is 6.92 Å². The second-order valence-corrected chi connectivity index (χ2v) is 4.76. The molecule has 1 heterocycles. The molecule has 0 atom stereocenters. The van der Waals surface area contributed by atoms with Gasteiger partial charge in [0.05, 0.1) is 11.8 Å². The Hall–Kier alpha value is -1.85. The van der Waals surface area contributed by atoms with E-state index in [1.807, 2.05) is 42.2 Å². The number of hydrogen-bond acceptors (Lipinski definition) is 3.